The van der Waals surface area contributed by atoms with Crippen molar-refractivity contribution in [1.82, 2.24) is 15.0 Å². The fourth-order valence-corrected chi connectivity index (χ4v) is 5.59. The summed E-state index contributed by atoms with van der Waals surface area (Å²) >= 11 is 0. The minimum absolute atomic E-state index is 0.577. The van der Waals surface area contributed by atoms with Crippen molar-refractivity contribution in [3.8, 4) is 45.3 Å². The van der Waals surface area contributed by atoms with Gasteiger partial charge >= 0.3 is 0 Å². The van der Waals surface area contributed by atoms with Gasteiger partial charge in [0.15, 0.2) is 17.5 Å². The molecule has 0 saturated heterocycles. The lowest BCUT2D eigenvalue weighted by molar-refractivity contribution is 0.671. The molecule has 0 fully saturated rings. The Morgan fingerprint density at radius 3 is 1.59 bits per heavy atom. The van der Waals surface area contributed by atoms with Crippen molar-refractivity contribution in [3.63, 3.8) is 0 Å². The van der Waals surface area contributed by atoms with Gasteiger partial charge in [0.05, 0.1) is 5.56 Å². The highest BCUT2D eigenvalue weighted by atomic mass is 16.3. The second-order valence-electron chi connectivity index (χ2n) is 10.0. The molecule has 0 aliphatic carbocycles. The third-order valence-electron chi connectivity index (χ3n) is 7.51. The lowest BCUT2D eigenvalue weighted by atomic mass is 9.95. The van der Waals surface area contributed by atoms with Crippen LogP contribution in [0, 0.1) is 0 Å². The van der Waals surface area contributed by atoms with E-state index in [1.165, 1.54) is 5.39 Å². The average Bonchev–Trinajstić information content (AvgIpc) is 3.43. The SMILES string of the molecule is c1ccc(-c2nc(-c3ccccc3)nc(-c3cccc4c3oc3c(-c5ccccc5)c5ccccc5cc34)n2)cc1. The number of rotatable bonds is 4. The van der Waals surface area contributed by atoms with Gasteiger partial charge in [-0.05, 0) is 28.5 Å². The molecule has 192 valence electrons. The monoisotopic (exact) mass is 525 g/mol. The predicted octanol–water partition coefficient (Wildman–Crippen LogP) is 9.59. The van der Waals surface area contributed by atoms with Gasteiger partial charge in [0.2, 0.25) is 0 Å². The maximum atomic E-state index is 6.82. The normalized spacial score (nSPS) is 11.4. The van der Waals surface area contributed by atoms with Gasteiger partial charge in [-0.2, -0.15) is 0 Å². The van der Waals surface area contributed by atoms with E-state index in [1.807, 2.05) is 72.8 Å². The standard InChI is InChI=1S/C37H23N3O/c1-4-13-24(14-5-1)32-28-20-11-10-19-27(28)23-31-29-21-12-22-30(33(29)41-34(31)32)37-39-35(25-15-6-2-7-16-25)38-36(40-37)26-17-8-3-9-18-26/h1-23H. The summed E-state index contributed by atoms with van der Waals surface area (Å²) in [5.41, 5.74) is 6.53. The van der Waals surface area contributed by atoms with E-state index in [0.29, 0.717) is 17.5 Å². The van der Waals surface area contributed by atoms with E-state index in [9.17, 15) is 0 Å². The fourth-order valence-electron chi connectivity index (χ4n) is 5.59. The largest absolute Gasteiger partial charge is 0.455 e. The van der Waals surface area contributed by atoms with Gasteiger partial charge in [-0.3, -0.25) is 0 Å². The highest BCUT2D eigenvalue weighted by molar-refractivity contribution is 6.19. The first-order valence-corrected chi connectivity index (χ1v) is 13.6. The van der Waals surface area contributed by atoms with Crippen LogP contribution in [0.4, 0.5) is 0 Å². The van der Waals surface area contributed by atoms with E-state index in [4.69, 9.17) is 19.4 Å². The summed E-state index contributed by atoms with van der Waals surface area (Å²) in [6.45, 7) is 0. The van der Waals surface area contributed by atoms with Crippen LogP contribution < -0.4 is 0 Å². The molecule has 0 amide bonds. The molecule has 0 aliphatic rings. The molecular weight excluding hydrogens is 502 g/mol. The second-order valence-corrected chi connectivity index (χ2v) is 10.0. The van der Waals surface area contributed by atoms with Crippen LogP contribution in [-0.4, -0.2) is 15.0 Å². The second kappa shape index (κ2) is 9.54. The summed E-state index contributed by atoms with van der Waals surface area (Å²) in [5.74, 6) is 1.82. The Balaban J connectivity index is 1.43. The zero-order chi connectivity index (χ0) is 27.2. The van der Waals surface area contributed by atoms with Crippen LogP contribution in [-0.2, 0) is 0 Å². The Labute approximate surface area is 236 Å². The van der Waals surface area contributed by atoms with Crippen LogP contribution in [0.25, 0.3) is 78.0 Å². The number of aromatic nitrogens is 3. The smallest absolute Gasteiger partial charge is 0.167 e. The molecule has 6 aromatic carbocycles. The van der Waals surface area contributed by atoms with E-state index >= 15 is 0 Å². The van der Waals surface area contributed by atoms with Gasteiger partial charge in [0.1, 0.15) is 11.2 Å². The van der Waals surface area contributed by atoms with Crippen LogP contribution >= 0.6 is 0 Å². The summed E-state index contributed by atoms with van der Waals surface area (Å²) in [6, 6.07) is 47.4. The van der Waals surface area contributed by atoms with Gasteiger partial charge in [-0.25, -0.2) is 15.0 Å². The molecule has 8 aromatic rings. The summed E-state index contributed by atoms with van der Waals surface area (Å²) in [7, 11) is 0. The number of nitrogens with zero attached hydrogens (tertiary/aromatic N) is 3. The Hall–Kier alpha value is -5.61. The molecule has 8 rings (SSSR count). The highest BCUT2D eigenvalue weighted by Gasteiger charge is 2.20. The first-order chi connectivity index (χ1) is 20.3. The molecular formula is C37H23N3O. The Kier molecular flexibility index (Phi) is 5.42. The summed E-state index contributed by atoms with van der Waals surface area (Å²) in [6.07, 6.45) is 0. The molecule has 41 heavy (non-hydrogen) atoms. The van der Waals surface area contributed by atoms with Crippen LogP contribution in [0.1, 0.15) is 0 Å². The molecule has 0 spiro atoms. The number of hydrogen-bond donors (Lipinski definition) is 0. The van der Waals surface area contributed by atoms with Crippen molar-refractivity contribution in [2.45, 2.75) is 0 Å². The van der Waals surface area contributed by atoms with Crippen molar-refractivity contribution in [3.05, 3.63) is 140 Å². The first kappa shape index (κ1) is 23.3. The predicted molar refractivity (Wildman–Crippen MR) is 166 cm³/mol. The van der Waals surface area contributed by atoms with Crippen LogP contribution in [0.2, 0.25) is 0 Å². The molecule has 4 nitrogen and oxygen atoms in total. The molecule has 0 unspecified atom stereocenters. The number of benzene rings is 6. The van der Waals surface area contributed by atoms with E-state index in [1.54, 1.807) is 0 Å². The third kappa shape index (κ3) is 3.97. The quantitative estimate of drug-likeness (QED) is 0.230. The topological polar surface area (TPSA) is 51.8 Å². The zero-order valence-corrected chi connectivity index (χ0v) is 22.0. The lowest BCUT2D eigenvalue weighted by Crippen LogP contribution is -2.00. The molecule has 2 heterocycles. The number of hydrogen-bond acceptors (Lipinski definition) is 4. The molecule has 0 N–H and O–H groups in total. The van der Waals surface area contributed by atoms with Gasteiger partial charge in [-0.15, -0.1) is 0 Å². The van der Waals surface area contributed by atoms with Gasteiger partial charge in [0, 0.05) is 27.5 Å². The minimum atomic E-state index is 0.577. The van der Waals surface area contributed by atoms with E-state index in [2.05, 4.69) is 66.7 Å². The van der Waals surface area contributed by atoms with Gasteiger partial charge in [0.25, 0.3) is 0 Å². The molecule has 0 atom stereocenters. The van der Waals surface area contributed by atoms with E-state index in [-0.39, 0.29) is 0 Å². The average molecular weight is 526 g/mol. The number of furan rings is 1. The molecule has 0 aliphatic heterocycles. The van der Waals surface area contributed by atoms with Gasteiger partial charge < -0.3 is 4.42 Å². The maximum absolute atomic E-state index is 6.82. The Bertz CT molecular complexity index is 2130. The maximum Gasteiger partial charge on any atom is 0.167 e. The van der Waals surface area contributed by atoms with Crippen molar-refractivity contribution in [1.29, 1.82) is 0 Å². The van der Waals surface area contributed by atoms with Crippen LogP contribution in [0.15, 0.2) is 144 Å². The highest BCUT2D eigenvalue weighted by Crippen LogP contribution is 2.43. The van der Waals surface area contributed by atoms with Crippen LogP contribution in [0.5, 0.6) is 0 Å². The van der Waals surface area contributed by atoms with Crippen molar-refractivity contribution in [2.24, 2.45) is 0 Å². The summed E-state index contributed by atoms with van der Waals surface area (Å²) in [4.78, 5) is 14.8. The molecule has 0 radical (unpaired) electrons. The molecule has 0 saturated carbocycles. The molecule has 0 bridgehead atoms. The number of para-hydroxylation sites is 1. The zero-order valence-electron chi connectivity index (χ0n) is 22.0. The summed E-state index contributed by atoms with van der Waals surface area (Å²) < 4.78 is 6.82. The van der Waals surface area contributed by atoms with E-state index < -0.39 is 0 Å². The lowest BCUT2D eigenvalue weighted by Gasteiger charge is -2.08. The minimum Gasteiger partial charge on any atom is -0.455 e. The first-order valence-electron chi connectivity index (χ1n) is 13.6. The number of fused-ring (bicyclic) bond motifs is 4. The Morgan fingerprint density at radius 2 is 0.927 bits per heavy atom. The Morgan fingerprint density at radius 1 is 0.390 bits per heavy atom. The van der Waals surface area contributed by atoms with Gasteiger partial charge in [-0.1, -0.05) is 127 Å². The molecule has 2 aromatic heterocycles. The fraction of sp³-hybridized carbons (Fsp3) is 0. The van der Waals surface area contributed by atoms with Crippen LogP contribution in [0.3, 0.4) is 0 Å². The third-order valence-corrected chi connectivity index (χ3v) is 7.51. The van der Waals surface area contributed by atoms with Crippen molar-refractivity contribution >= 4 is 32.7 Å². The van der Waals surface area contributed by atoms with Crippen molar-refractivity contribution < 1.29 is 4.42 Å². The summed E-state index contributed by atoms with van der Waals surface area (Å²) in [5, 5.41) is 4.43. The van der Waals surface area contributed by atoms with Crippen molar-refractivity contribution in [2.75, 3.05) is 0 Å². The molecule has 4 heteroatoms. The van der Waals surface area contributed by atoms with E-state index in [0.717, 1.165) is 55.1 Å².